The van der Waals surface area contributed by atoms with Crippen LogP contribution in [0.2, 0.25) is 0 Å². The Morgan fingerprint density at radius 3 is 2.38 bits per heavy atom. The predicted octanol–water partition coefficient (Wildman–Crippen LogP) is 3.40. The number of hydrogen-bond acceptors (Lipinski definition) is 8. The molecule has 0 aliphatic rings. The summed E-state index contributed by atoms with van der Waals surface area (Å²) < 4.78 is 71.8. The highest BCUT2D eigenvalue weighted by Crippen LogP contribution is 2.32. The smallest absolute Gasteiger partial charge is 0.371 e. The molecule has 0 fully saturated rings. The van der Waals surface area contributed by atoms with Crippen molar-refractivity contribution in [3.63, 3.8) is 0 Å². The number of alkyl halides is 3. The zero-order chi connectivity index (χ0) is 21.4. The number of carbonyl (C=O) groups is 1. The Kier molecular flexibility index (Phi) is 5.47. The van der Waals surface area contributed by atoms with Gasteiger partial charge >= 0.3 is 16.5 Å². The number of ketones is 1. The van der Waals surface area contributed by atoms with Crippen LogP contribution in [0, 0.1) is 0 Å². The van der Waals surface area contributed by atoms with Gasteiger partial charge in [-0.25, -0.2) is 0 Å². The molecule has 0 atom stereocenters. The molecule has 0 amide bonds. The molecule has 0 saturated heterocycles. The summed E-state index contributed by atoms with van der Waals surface area (Å²) in [6, 6.07) is 8.07. The van der Waals surface area contributed by atoms with Crippen LogP contribution in [0.25, 0.3) is 22.2 Å². The Labute approximate surface area is 166 Å². The minimum Gasteiger partial charge on any atom is -0.371 e. The fraction of sp³-hybridized carbons (Fsp3) is 0.188. The van der Waals surface area contributed by atoms with Crippen molar-refractivity contribution in [2.45, 2.75) is 6.18 Å². The molecule has 8 nitrogen and oxygen atoms in total. The number of benzene rings is 1. The maximum Gasteiger partial charge on any atom is 0.455 e. The highest BCUT2D eigenvalue weighted by molar-refractivity contribution is 7.84. The monoisotopic (exact) mass is 447 g/mol. The third-order valence-corrected chi connectivity index (χ3v) is 5.85. The quantitative estimate of drug-likeness (QED) is 0.534. The van der Waals surface area contributed by atoms with Crippen LogP contribution >= 0.6 is 11.3 Å². The summed E-state index contributed by atoms with van der Waals surface area (Å²) in [6.45, 7) is 0. The summed E-state index contributed by atoms with van der Waals surface area (Å²) in [5.41, 5.74) is 0.456. The highest BCUT2D eigenvalue weighted by atomic mass is 32.2. The van der Waals surface area contributed by atoms with Gasteiger partial charge in [0.2, 0.25) is 5.82 Å². The van der Waals surface area contributed by atoms with Gasteiger partial charge in [0.25, 0.3) is 11.7 Å². The molecule has 13 heteroatoms. The van der Waals surface area contributed by atoms with E-state index >= 15 is 0 Å². The highest BCUT2D eigenvalue weighted by Gasteiger charge is 2.40. The van der Waals surface area contributed by atoms with Gasteiger partial charge in [0.1, 0.15) is 5.75 Å². The van der Waals surface area contributed by atoms with E-state index in [4.69, 9.17) is 8.71 Å². The second-order valence-corrected chi connectivity index (χ2v) is 8.60. The third-order valence-electron chi connectivity index (χ3n) is 3.49. The molecule has 0 saturated carbocycles. The van der Waals surface area contributed by atoms with E-state index in [1.807, 2.05) is 0 Å². The minimum absolute atomic E-state index is 0.0539. The number of Topliss-reactive ketones (excluding diaryl/α,β-unsaturated/α-hetero) is 1. The lowest BCUT2D eigenvalue weighted by molar-refractivity contribution is -0.0882. The third kappa shape index (κ3) is 4.63. The van der Waals surface area contributed by atoms with Crippen LogP contribution in [0.4, 0.5) is 13.2 Å². The Balaban J connectivity index is 1.79. The largest absolute Gasteiger partial charge is 0.455 e. The van der Waals surface area contributed by atoms with E-state index in [2.05, 4.69) is 10.1 Å². The number of rotatable bonds is 6. The first-order valence-corrected chi connectivity index (χ1v) is 9.93. The van der Waals surface area contributed by atoms with E-state index in [-0.39, 0.29) is 22.3 Å². The molecule has 2 heterocycles. The van der Waals surface area contributed by atoms with E-state index in [9.17, 15) is 26.4 Å². The van der Waals surface area contributed by atoms with E-state index in [1.54, 1.807) is 0 Å². The second-order valence-electron chi connectivity index (χ2n) is 5.76. The Morgan fingerprint density at radius 1 is 1.14 bits per heavy atom. The zero-order valence-electron chi connectivity index (χ0n) is 14.8. The van der Waals surface area contributed by atoms with Crippen LogP contribution in [-0.4, -0.2) is 48.9 Å². The molecule has 1 aromatic carbocycles. The van der Waals surface area contributed by atoms with Crippen LogP contribution in [-0.2, 0) is 10.3 Å². The molecular formula is C16H12F3N3O5S2. The predicted molar refractivity (Wildman–Crippen MR) is 96.7 cm³/mol. The van der Waals surface area contributed by atoms with E-state index < -0.39 is 27.1 Å². The van der Waals surface area contributed by atoms with Gasteiger partial charge in [-0.1, -0.05) is 5.16 Å². The van der Waals surface area contributed by atoms with Gasteiger partial charge in [-0.15, -0.1) is 11.3 Å². The van der Waals surface area contributed by atoms with Crippen molar-refractivity contribution < 1.29 is 35.1 Å². The minimum atomic E-state index is -4.97. The molecule has 3 rings (SSSR count). The second kappa shape index (κ2) is 7.57. The number of nitrogens with zero attached hydrogens (tertiary/aromatic N) is 3. The van der Waals surface area contributed by atoms with Crippen molar-refractivity contribution in [3.05, 3.63) is 41.3 Å². The Bertz CT molecular complexity index is 1140. The molecule has 2 aromatic heterocycles. The molecule has 0 aliphatic carbocycles. The normalized spacial score (nSPS) is 12.3. The lowest BCUT2D eigenvalue weighted by Gasteiger charge is -2.11. The topological polar surface area (TPSA) is 103 Å². The summed E-state index contributed by atoms with van der Waals surface area (Å²) in [5, 5.41) is 3.74. The molecule has 0 aliphatic heterocycles. The van der Waals surface area contributed by atoms with Gasteiger partial charge in [-0.05, 0) is 36.4 Å². The summed E-state index contributed by atoms with van der Waals surface area (Å²) >= 11 is 0.584. The summed E-state index contributed by atoms with van der Waals surface area (Å²) in [5.74, 6) is -1.81. The number of aromatic nitrogens is 2. The molecule has 0 unspecified atom stereocenters. The molecule has 154 valence electrons. The van der Waals surface area contributed by atoms with Crippen molar-refractivity contribution >= 4 is 27.4 Å². The van der Waals surface area contributed by atoms with E-state index in [0.29, 0.717) is 16.9 Å². The lowest BCUT2D eigenvalue weighted by atomic mass is 10.2. The van der Waals surface area contributed by atoms with Gasteiger partial charge in [-0.2, -0.15) is 30.9 Å². The Morgan fingerprint density at radius 2 is 1.79 bits per heavy atom. The van der Waals surface area contributed by atoms with Crippen molar-refractivity contribution in [2.24, 2.45) is 0 Å². The molecule has 0 radical (unpaired) electrons. The average molecular weight is 447 g/mol. The average Bonchev–Trinajstić information content (AvgIpc) is 3.30. The van der Waals surface area contributed by atoms with Gasteiger partial charge in [0.05, 0.1) is 9.75 Å². The van der Waals surface area contributed by atoms with E-state index in [1.165, 1.54) is 44.4 Å². The number of halogens is 3. The van der Waals surface area contributed by atoms with Crippen LogP contribution in [0.15, 0.2) is 40.9 Å². The lowest BCUT2D eigenvalue weighted by Crippen LogP contribution is -2.26. The number of thiophene rings is 1. The van der Waals surface area contributed by atoms with Crippen molar-refractivity contribution in [2.75, 3.05) is 14.1 Å². The molecule has 29 heavy (non-hydrogen) atoms. The van der Waals surface area contributed by atoms with Gasteiger partial charge in [0, 0.05) is 19.7 Å². The fourth-order valence-electron chi connectivity index (χ4n) is 2.01. The van der Waals surface area contributed by atoms with Crippen molar-refractivity contribution in [1.82, 2.24) is 14.4 Å². The standard InChI is InChI=1S/C16H12F3N3O5S2/c1-22(2)29(24,25)27-10-5-3-9(4-6-10)14-20-15(26-21-14)12-8-7-11(28-12)13(23)16(17,18)19/h3-8H,1-2H3. The van der Waals surface area contributed by atoms with Crippen molar-refractivity contribution in [3.8, 4) is 27.9 Å². The van der Waals surface area contributed by atoms with Crippen LogP contribution in [0.5, 0.6) is 5.75 Å². The van der Waals surface area contributed by atoms with Crippen LogP contribution < -0.4 is 4.18 Å². The fourth-order valence-corrected chi connectivity index (χ4v) is 3.40. The van der Waals surface area contributed by atoms with Crippen LogP contribution in [0.1, 0.15) is 9.67 Å². The summed E-state index contributed by atoms with van der Waals surface area (Å²) in [4.78, 5) is 15.1. The SMILES string of the molecule is CN(C)S(=O)(=O)Oc1ccc(-c2noc(-c3ccc(C(=O)C(F)(F)F)s3)n2)cc1. The van der Waals surface area contributed by atoms with Crippen LogP contribution in [0.3, 0.4) is 0 Å². The molecule has 0 spiro atoms. The first-order chi connectivity index (χ1) is 13.5. The first kappa shape index (κ1) is 21.0. The molecule has 0 N–H and O–H groups in total. The maximum absolute atomic E-state index is 12.5. The van der Waals surface area contributed by atoms with Crippen molar-refractivity contribution in [1.29, 1.82) is 0 Å². The summed E-state index contributed by atoms with van der Waals surface area (Å²) in [7, 11) is -1.25. The molecule has 0 bridgehead atoms. The molecular weight excluding hydrogens is 435 g/mol. The first-order valence-electron chi connectivity index (χ1n) is 7.75. The Hall–Kier alpha value is -2.77. The van der Waals surface area contributed by atoms with Gasteiger partial charge in [0.15, 0.2) is 0 Å². The van der Waals surface area contributed by atoms with Gasteiger partial charge in [-0.3, -0.25) is 4.79 Å². The molecule has 3 aromatic rings. The van der Waals surface area contributed by atoms with E-state index in [0.717, 1.165) is 10.4 Å². The zero-order valence-corrected chi connectivity index (χ0v) is 16.4. The number of carbonyl (C=O) groups excluding carboxylic acids is 1. The number of hydrogen-bond donors (Lipinski definition) is 0. The van der Waals surface area contributed by atoms with Gasteiger partial charge < -0.3 is 8.71 Å². The maximum atomic E-state index is 12.5. The summed E-state index contributed by atoms with van der Waals surface area (Å²) in [6.07, 6.45) is -4.97.